The van der Waals surface area contributed by atoms with Gasteiger partial charge in [0.2, 0.25) is 5.91 Å². The molecular weight excluding hydrogens is 432 g/mol. The van der Waals surface area contributed by atoms with Gasteiger partial charge in [-0.25, -0.2) is 8.78 Å². The number of carbonyl (C=O) groups is 1. The fourth-order valence-electron chi connectivity index (χ4n) is 5.22. The summed E-state index contributed by atoms with van der Waals surface area (Å²) in [5.74, 6) is -1.46. The van der Waals surface area contributed by atoms with Crippen LogP contribution in [-0.4, -0.2) is 34.3 Å². The molecule has 9 heteroatoms. The second kappa shape index (κ2) is 7.14. The average Bonchev–Trinajstić information content (AvgIpc) is 3.27. The molecule has 1 aromatic heterocycles. The van der Waals surface area contributed by atoms with Gasteiger partial charge < -0.3 is 19.2 Å². The first-order valence-corrected chi connectivity index (χ1v) is 10.9. The predicted molar refractivity (Wildman–Crippen MR) is 110 cm³/mol. The van der Waals surface area contributed by atoms with Crippen molar-refractivity contribution >= 4 is 29.7 Å². The fourth-order valence-corrected chi connectivity index (χ4v) is 5.65. The van der Waals surface area contributed by atoms with Crippen molar-refractivity contribution < 1.29 is 18.3 Å². The number of hydrogen-bond acceptors (Lipinski definition) is 3. The Bertz CT molecular complexity index is 1110. The monoisotopic (exact) mass is 453 g/mol. The van der Waals surface area contributed by atoms with Gasteiger partial charge in [-0.2, -0.15) is 0 Å². The van der Waals surface area contributed by atoms with Gasteiger partial charge in [0.25, 0.3) is 0 Å². The Morgan fingerprint density at radius 2 is 2.23 bits per heavy atom. The number of rotatable bonds is 4. The van der Waals surface area contributed by atoms with Crippen LogP contribution >= 0.6 is 23.8 Å². The summed E-state index contributed by atoms with van der Waals surface area (Å²) in [4.78, 5) is 12.7. The van der Waals surface area contributed by atoms with Crippen LogP contribution in [0.15, 0.2) is 12.1 Å². The predicted octanol–water partition coefficient (Wildman–Crippen LogP) is 3.76. The number of carbonyl (C=O) groups excluding carboxylic acids is 1. The van der Waals surface area contributed by atoms with Crippen molar-refractivity contribution in [2.75, 3.05) is 13.2 Å². The number of benzene rings is 1. The van der Waals surface area contributed by atoms with E-state index < -0.39 is 17.0 Å². The minimum Gasteiger partial charge on any atom is -0.379 e. The van der Waals surface area contributed by atoms with Crippen molar-refractivity contribution in [1.29, 1.82) is 0 Å². The number of ether oxygens (including phenoxy) is 1. The van der Waals surface area contributed by atoms with E-state index in [9.17, 15) is 13.6 Å². The van der Waals surface area contributed by atoms with E-state index in [-0.39, 0.29) is 34.9 Å². The largest absolute Gasteiger partial charge is 0.379 e. The molecule has 2 aliphatic heterocycles. The molecule has 1 amide bonds. The van der Waals surface area contributed by atoms with Gasteiger partial charge in [0, 0.05) is 48.5 Å². The van der Waals surface area contributed by atoms with Crippen LogP contribution in [0.4, 0.5) is 8.78 Å². The molecule has 5 nitrogen and oxygen atoms in total. The molecule has 0 spiro atoms. The highest BCUT2D eigenvalue weighted by molar-refractivity contribution is 7.71. The van der Waals surface area contributed by atoms with Crippen molar-refractivity contribution in [2.45, 2.75) is 49.6 Å². The lowest BCUT2D eigenvalue weighted by molar-refractivity contribution is -0.122. The van der Waals surface area contributed by atoms with Crippen LogP contribution in [0.3, 0.4) is 0 Å². The van der Waals surface area contributed by atoms with E-state index in [1.54, 1.807) is 0 Å². The number of hydrogen-bond donors (Lipinski definition) is 1. The van der Waals surface area contributed by atoms with E-state index in [1.165, 1.54) is 12.1 Å². The molecule has 2 aromatic rings. The lowest BCUT2D eigenvalue weighted by Crippen LogP contribution is -2.41. The van der Waals surface area contributed by atoms with Gasteiger partial charge in [-0.1, -0.05) is 11.6 Å². The first kappa shape index (κ1) is 20.2. The Morgan fingerprint density at radius 1 is 1.43 bits per heavy atom. The van der Waals surface area contributed by atoms with Crippen LogP contribution < -0.4 is 5.32 Å². The quantitative estimate of drug-likeness (QED) is 0.566. The SMILES string of the molecule is Cn1c(CC(=O)N[C@@H]2CCCOC2)c2n(c1=S)C[C@@]1(c3c(F)ccc(Cl)c3F)C[C@@H]21. The highest BCUT2D eigenvalue weighted by atomic mass is 35.5. The Kier molecular flexibility index (Phi) is 4.79. The number of fused-ring (bicyclic) bond motifs is 3. The molecule has 2 fully saturated rings. The first-order chi connectivity index (χ1) is 14.3. The number of halogens is 3. The summed E-state index contributed by atoms with van der Waals surface area (Å²) >= 11 is 11.5. The van der Waals surface area contributed by atoms with Gasteiger partial charge in [0.05, 0.1) is 24.1 Å². The van der Waals surface area contributed by atoms with E-state index in [4.69, 9.17) is 28.6 Å². The Hall–Kier alpha value is -1.77. The van der Waals surface area contributed by atoms with Crippen LogP contribution in [0.1, 0.15) is 42.1 Å². The highest BCUT2D eigenvalue weighted by Gasteiger charge is 2.64. The van der Waals surface area contributed by atoms with Crippen molar-refractivity contribution in [1.82, 2.24) is 14.5 Å². The van der Waals surface area contributed by atoms with E-state index >= 15 is 0 Å². The standard InChI is InChI=1S/C21H22ClF2N3O2S/c1-26-15(7-16(28)25-11-3-2-6-29-9-11)19-12-8-21(12,10-27(19)20(26)30)17-14(23)5-4-13(22)18(17)24/h4-5,11-12H,2-3,6-10H2,1H3,(H,25,28)/t11-,12+,21+/m1/s1. The summed E-state index contributed by atoms with van der Waals surface area (Å²) in [6.07, 6.45) is 2.62. The molecule has 0 unspecified atom stereocenters. The number of aromatic nitrogens is 2. The van der Waals surface area contributed by atoms with Crippen LogP contribution in [0, 0.1) is 16.4 Å². The molecule has 1 aliphatic carbocycles. The molecule has 1 saturated heterocycles. The second-order valence-corrected chi connectivity index (χ2v) is 9.32. The summed E-state index contributed by atoms with van der Waals surface area (Å²) in [6, 6.07) is 2.47. The minimum atomic E-state index is -0.697. The molecule has 30 heavy (non-hydrogen) atoms. The molecular formula is C21H22ClF2N3O2S. The van der Waals surface area contributed by atoms with E-state index in [1.807, 2.05) is 16.2 Å². The number of amides is 1. The Morgan fingerprint density at radius 3 is 2.97 bits per heavy atom. The highest BCUT2D eigenvalue weighted by Crippen LogP contribution is 2.67. The molecule has 3 heterocycles. The zero-order valence-corrected chi connectivity index (χ0v) is 18.1. The zero-order valence-electron chi connectivity index (χ0n) is 16.5. The van der Waals surface area contributed by atoms with Crippen LogP contribution in [0.5, 0.6) is 0 Å². The third-order valence-electron chi connectivity index (χ3n) is 6.75. The molecule has 160 valence electrons. The molecule has 1 aromatic carbocycles. The van der Waals surface area contributed by atoms with Gasteiger partial charge >= 0.3 is 0 Å². The van der Waals surface area contributed by atoms with Crippen molar-refractivity contribution in [3.05, 3.63) is 50.5 Å². The maximum atomic E-state index is 14.8. The maximum absolute atomic E-state index is 14.8. The Labute approximate surface area is 183 Å². The van der Waals surface area contributed by atoms with Gasteiger partial charge in [-0.05, 0) is 43.6 Å². The summed E-state index contributed by atoms with van der Waals surface area (Å²) in [5, 5.41) is 2.95. The summed E-state index contributed by atoms with van der Waals surface area (Å²) in [6.45, 7) is 1.65. The van der Waals surface area contributed by atoms with E-state index in [2.05, 4.69) is 5.32 Å². The molecule has 3 atom stereocenters. The molecule has 1 N–H and O–H groups in total. The van der Waals surface area contributed by atoms with Crippen molar-refractivity contribution in [3.63, 3.8) is 0 Å². The fraction of sp³-hybridized carbons (Fsp3) is 0.524. The zero-order chi connectivity index (χ0) is 21.2. The number of nitrogens with one attached hydrogen (secondary N) is 1. The van der Waals surface area contributed by atoms with Gasteiger partial charge in [0.1, 0.15) is 11.6 Å². The van der Waals surface area contributed by atoms with Crippen molar-refractivity contribution in [3.8, 4) is 0 Å². The number of imidazole rings is 1. The van der Waals surface area contributed by atoms with Crippen LogP contribution in [0.25, 0.3) is 0 Å². The Balaban J connectivity index is 1.45. The minimum absolute atomic E-state index is 0.0184. The lowest BCUT2D eigenvalue weighted by Gasteiger charge is -2.23. The topological polar surface area (TPSA) is 48.2 Å². The van der Waals surface area contributed by atoms with Gasteiger partial charge in [-0.15, -0.1) is 0 Å². The third-order valence-corrected chi connectivity index (χ3v) is 7.54. The summed E-state index contributed by atoms with van der Waals surface area (Å²) in [5.41, 5.74) is 1.08. The molecule has 1 saturated carbocycles. The van der Waals surface area contributed by atoms with Gasteiger partial charge in [0.15, 0.2) is 4.77 Å². The van der Waals surface area contributed by atoms with Crippen LogP contribution in [-0.2, 0) is 35.0 Å². The molecule has 3 aliphatic rings. The molecule has 0 radical (unpaired) electrons. The summed E-state index contributed by atoms with van der Waals surface area (Å²) in [7, 11) is 1.84. The first-order valence-electron chi connectivity index (χ1n) is 10.1. The molecule has 0 bridgehead atoms. The maximum Gasteiger partial charge on any atom is 0.226 e. The smallest absolute Gasteiger partial charge is 0.226 e. The molecule has 5 rings (SSSR count). The number of nitrogens with zero attached hydrogens (tertiary/aromatic N) is 2. The normalized spacial score (nSPS) is 26.9. The summed E-state index contributed by atoms with van der Waals surface area (Å²) < 4.78 is 39.2. The van der Waals surface area contributed by atoms with Crippen LogP contribution in [0.2, 0.25) is 5.02 Å². The van der Waals surface area contributed by atoms with Gasteiger partial charge in [-0.3, -0.25) is 4.79 Å². The lowest BCUT2D eigenvalue weighted by atomic mass is 9.92. The van der Waals surface area contributed by atoms with E-state index in [0.29, 0.717) is 24.3 Å². The second-order valence-electron chi connectivity index (χ2n) is 8.55. The van der Waals surface area contributed by atoms with E-state index in [0.717, 1.165) is 30.8 Å². The van der Waals surface area contributed by atoms with Crippen molar-refractivity contribution in [2.24, 2.45) is 7.05 Å². The average molecular weight is 454 g/mol. The third kappa shape index (κ3) is 2.95.